The van der Waals surface area contributed by atoms with Gasteiger partial charge in [-0.1, -0.05) is 26.0 Å². The summed E-state index contributed by atoms with van der Waals surface area (Å²) in [6.07, 6.45) is 6.43. The number of amidine groups is 1. The fraction of sp³-hybridized carbons (Fsp3) is 0.441. The number of H-pyrrole nitrogens is 1. The number of piperazine rings is 1. The third-order valence-electron chi connectivity index (χ3n) is 9.40. The average Bonchev–Trinajstić information content (AvgIpc) is 3.67. The molecule has 9 nitrogen and oxygen atoms in total. The van der Waals surface area contributed by atoms with Crippen LogP contribution in [-0.4, -0.2) is 83.4 Å². The molecule has 3 unspecified atom stereocenters. The van der Waals surface area contributed by atoms with Gasteiger partial charge in [0, 0.05) is 67.6 Å². The molecule has 1 aromatic carbocycles. The predicted octanol–water partition coefficient (Wildman–Crippen LogP) is 5.19. The second-order valence-electron chi connectivity index (χ2n) is 12.3. The molecule has 10 heteroatoms. The van der Waals surface area contributed by atoms with Crippen molar-refractivity contribution in [3.63, 3.8) is 0 Å². The molecule has 3 fully saturated rings. The fourth-order valence-corrected chi connectivity index (χ4v) is 6.61. The van der Waals surface area contributed by atoms with Gasteiger partial charge in [-0.3, -0.25) is 4.79 Å². The number of carbonyl (C=O) groups is 1. The molecule has 0 aliphatic carbocycles. The summed E-state index contributed by atoms with van der Waals surface area (Å²) in [6, 6.07) is 9.54. The van der Waals surface area contributed by atoms with Crippen LogP contribution in [0.25, 0.3) is 10.9 Å². The maximum atomic E-state index is 15.7. The van der Waals surface area contributed by atoms with Gasteiger partial charge >= 0.3 is 0 Å². The Morgan fingerprint density at radius 2 is 1.93 bits per heavy atom. The molecule has 3 aromatic rings. The molecule has 6 heterocycles. The van der Waals surface area contributed by atoms with Gasteiger partial charge in [-0.05, 0) is 62.1 Å². The maximum Gasteiger partial charge on any atom is 0.257 e. The van der Waals surface area contributed by atoms with Gasteiger partial charge in [0.25, 0.3) is 5.91 Å². The molecular formula is C34H40FN7O2. The minimum atomic E-state index is -0.471. The topological polar surface area (TPSA) is 92.4 Å². The first-order chi connectivity index (χ1) is 21.4. The number of aromatic nitrogens is 2. The summed E-state index contributed by atoms with van der Waals surface area (Å²) in [5.74, 6) is 0.704. The Morgan fingerprint density at radius 3 is 2.64 bits per heavy atom. The minimum Gasteiger partial charge on any atom is -0.368 e. The Hall–Kier alpha value is -4.02. The molecule has 0 saturated carbocycles. The van der Waals surface area contributed by atoms with E-state index in [2.05, 4.69) is 40.0 Å². The van der Waals surface area contributed by atoms with Crippen molar-refractivity contribution >= 4 is 34.2 Å². The number of carbonyl (C=O) groups excluding carboxylic acids is 1. The summed E-state index contributed by atoms with van der Waals surface area (Å²) in [4.78, 5) is 33.4. The molecule has 1 amide bonds. The lowest BCUT2D eigenvalue weighted by atomic mass is 9.86. The van der Waals surface area contributed by atoms with Crippen LogP contribution in [0.3, 0.4) is 0 Å². The zero-order valence-corrected chi connectivity index (χ0v) is 25.6. The first kappa shape index (κ1) is 28.7. The highest BCUT2D eigenvalue weighted by atomic mass is 19.1. The van der Waals surface area contributed by atoms with Crippen molar-refractivity contribution in [2.75, 3.05) is 56.0 Å². The number of hydrogen-bond donors (Lipinski definition) is 2. The normalized spacial score (nSPS) is 24.2. The van der Waals surface area contributed by atoms with Crippen LogP contribution < -0.4 is 10.2 Å². The van der Waals surface area contributed by atoms with Gasteiger partial charge in [-0.2, -0.15) is 0 Å². The van der Waals surface area contributed by atoms with E-state index in [1.807, 2.05) is 42.3 Å². The number of aliphatic imine (C=N–C) groups is 1. The van der Waals surface area contributed by atoms with Crippen molar-refractivity contribution in [3.05, 3.63) is 77.0 Å². The number of benzene rings is 1. The van der Waals surface area contributed by atoms with Crippen molar-refractivity contribution in [2.45, 2.75) is 45.8 Å². The predicted molar refractivity (Wildman–Crippen MR) is 171 cm³/mol. The Bertz CT molecular complexity index is 1650. The van der Waals surface area contributed by atoms with Gasteiger partial charge in [-0.15, -0.1) is 0 Å². The number of hydrogen-bond acceptors (Lipinski definition) is 7. The molecule has 2 N–H and O–H groups in total. The molecule has 2 aromatic heterocycles. The number of anilines is 2. The van der Waals surface area contributed by atoms with Gasteiger partial charge in [-0.25, -0.2) is 14.4 Å². The first-order valence-electron chi connectivity index (χ1n) is 15.8. The molecule has 0 bridgehead atoms. The number of likely N-dealkylation sites (N-methyl/N-ethyl adjacent to an activating group) is 1. The molecule has 0 radical (unpaired) electrons. The average molecular weight is 598 g/mol. The number of rotatable bonds is 6. The Morgan fingerprint density at radius 1 is 1.11 bits per heavy atom. The van der Waals surface area contributed by atoms with Crippen molar-refractivity contribution in [1.82, 2.24) is 19.8 Å². The number of aryl methyl sites for hydroxylation is 1. The number of fused-ring (bicyclic) bond motifs is 1. The smallest absolute Gasteiger partial charge is 0.257 e. The molecule has 0 spiro atoms. The van der Waals surface area contributed by atoms with Crippen LogP contribution in [-0.2, 0) is 9.53 Å². The summed E-state index contributed by atoms with van der Waals surface area (Å²) < 4.78 is 22.0. The third kappa shape index (κ3) is 5.41. The van der Waals surface area contributed by atoms with E-state index in [0.717, 1.165) is 61.6 Å². The highest BCUT2D eigenvalue weighted by Crippen LogP contribution is 2.49. The number of allylic oxidation sites excluding steroid dienone is 1. The zero-order valence-electron chi connectivity index (χ0n) is 25.6. The largest absolute Gasteiger partial charge is 0.368 e. The van der Waals surface area contributed by atoms with E-state index in [4.69, 9.17) is 14.7 Å². The van der Waals surface area contributed by atoms with Crippen molar-refractivity contribution in [3.8, 4) is 0 Å². The fourth-order valence-electron chi connectivity index (χ4n) is 6.61. The molecule has 4 aliphatic heterocycles. The van der Waals surface area contributed by atoms with Gasteiger partial charge in [0.05, 0.1) is 17.5 Å². The maximum absolute atomic E-state index is 15.7. The highest BCUT2D eigenvalue weighted by Gasteiger charge is 2.49. The number of aromatic amines is 1. The monoisotopic (exact) mass is 597 g/mol. The summed E-state index contributed by atoms with van der Waals surface area (Å²) >= 11 is 0. The van der Waals surface area contributed by atoms with Gasteiger partial charge < -0.3 is 29.7 Å². The van der Waals surface area contributed by atoms with E-state index in [0.29, 0.717) is 47.7 Å². The van der Waals surface area contributed by atoms with Crippen LogP contribution in [0, 0.1) is 18.7 Å². The molecule has 7 rings (SSSR count). The van der Waals surface area contributed by atoms with E-state index in [9.17, 15) is 4.79 Å². The van der Waals surface area contributed by atoms with Crippen LogP contribution in [0.4, 0.5) is 15.9 Å². The molecule has 230 valence electrons. The van der Waals surface area contributed by atoms with E-state index in [1.54, 1.807) is 12.3 Å². The standard InChI is InChI=1S/C34H40FN7O2/c1-4-40-15-17-41(18-16-40)23-8-11-27(37-20-23)39-33-29(34(43)42-13-6-14-42)28(21(2)7-5-12-36-33)32-31(44-32)24-9-10-26-25(30(24)35)19-22(3)38-26/h5,8-12,19-21,31-32,38H,4,6-7,13-18H2,1-3H3,(H,36,37,39). The molecular weight excluding hydrogens is 557 g/mol. The number of halogens is 1. The van der Waals surface area contributed by atoms with E-state index >= 15 is 4.39 Å². The summed E-state index contributed by atoms with van der Waals surface area (Å²) in [5.41, 5.74) is 4.63. The number of amides is 1. The second kappa shape index (κ2) is 11.8. The van der Waals surface area contributed by atoms with E-state index in [-0.39, 0.29) is 17.6 Å². The minimum absolute atomic E-state index is 0.00723. The lowest BCUT2D eigenvalue weighted by molar-refractivity contribution is -0.129. The van der Waals surface area contributed by atoms with Crippen LogP contribution in [0.15, 0.2) is 64.9 Å². The number of ether oxygens (including phenoxy) is 1. The Kier molecular flexibility index (Phi) is 7.72. The summed E-state index contributed by atoms with van der Waals surface area (Å²) in [5, 5.41) is 3.93. The highest BCUT2D eigenvalue weighted by molar-refractivity contribution is 6.26. The summed E-state index contributed by atoms with van der Waals surface area (Å²) in [6.45, 7) is 12.7. The quantitative estimate of drug-likeness (QED) is 0.381. The third-order valence-corrected chi connectivity index (χ3v) is 9.40. The number of pyridine rings is 1. The number of epoxide rings is 1. The zero-order chi connectivity index (χ0) is 30.4. The Labute approximate surface area is 257 Å². The van der Waals surface area contributed by atoms with Crippen LogP contribution in [0.1, 0.15) is 44.1 Å². The molecule has 3 atom stereocenters. The molecule has 44 heavy (non-hydrogen) atoms. The van der Waals surface area contributed by atoms with Crippen LogP contribution in [0.2, 0.25) is 0 Å². The van der Waals surface area contributed by atoms with Crippen LogP contribution >= 0.6 is 0 Å². The lowest BCUT2D eigenvalue weighted by Gasteiger charge is -2.35. The van der Waals surface area contributed by atoms with E-state index in [1.165, 1.54) is 0 Å². The number of likely N-dealkylation sites (tertiary alicyclic amines) is 1. The number of nitrogens with zero attached hydrogens (tertiary/aromatic N) is 5. The second-order valence-corrected chi connectivity index (χ2v) is 12.3. The van der Waals surface area contributed by atoms with Crippen LogP contribution in [0.5, 0.6) is 0 Å². The van der Waals surface area contributed by atoms with Gasteiger partial charge in [0.15, 0.2) is 0 Å². The Balaban J connectivity index is 1.21. The van der Waals surface area contributed by atoms with Crippen molar-refractivity contribution in [2.24, 2.45) is 10.9 Å². The van der Waals surface area contributed by atoms with Crippen molar-refractivity contribution < 1.29 is 13.9 Å². The number of nitrogens with one attached hydrogen (secondary N) is 2. The molecule has 3 saturated heterocycles. The van der Waals surface area contributed by atoms with Gasteiger partial charge in [0.2, 0.25) is 0 Å². The first-order valence-corrected chi connectivity index (χ1v) is 15.8. The van der Waals surface area contributed by atoms with Crippen molar-refractivity contribution in [1.29, 1.82) is 0 Å². The summed E-state index contributed by atoms with van der Waals surface area (Å²) in [7, 11) is 0. The van der Waals surface area contributed by atoms with E-state index < -0.39 is 12.2 Å². The molecule has 4 aliphatic rings. The van der Waals surface area contributed by atoms with Gasteiger partial charge in [0.1, 0.15) is 29.7 Å². The lowest BCUT2D eigenvalue weighted by Crippen LogP contribution is -2.46. The SMILES string of the molecule is CCN1CCN(c2ccc(NC3=NC=CCC(C)C(C4OC4c4ccc5[nH]c(C)cc5c4F)=C3C(=O)N3CCC3)nc2)CC1.